The molecule has 4 atom stereocenters. The molecule has 0 radical (unpaired) electrons. The molecular formula is C14H34N4O3. The molecule has 0 heterocycles. The molecule has 0 aliphatic carbocycles. The van der Waals surface area contributed by atoms with Crippen LogP contribution in [0, 0.1) is 0 Å². The lowest BCUT2D eigenvalue weighted by Crippen LogP contribution is -2.69. The molecule has 7 nitrogen and oxygen atoms in total. The minimum absolute atomic E-state index is 0.680. The van der Waals surface area contributed by atoms with Crippen molar-refractivity contribution in [3.8, 4) is 0 Å². The van der Waals surface area contributed by atoms with E-state index in [4.69, 9.17) is 4.74 Å². The van der Waals surface area contributed by atoms with Crippen LogP contribution in [0.4, 0.5) is 0 Å². The minimum Gasteiger partial charge on any atom is -0.379 e. The van der Waals surface area contributed by atoms with E-state index < -0.39 is 24.2 Å². The van der Waals surface area contributed by atoms with Crippen LogP contribution in [0.15, 0.2) is 0 Å². The Kier molecular flexibility index (Phi) is 7.23. The van der Waals surface area contributed by atoms with E-state index in [1.54, 1.807) is 37.7 Å². The molecule has 0 aromatic heterocycles. The van der Waals surface area contributed by atoms with Gasteiger partial charge in [0.1, 0.15) is 12.5 Å². The van der Waals surface area contributed by atoms with Crippen LogP contribution >= 0.6 is 0 Å². The highest BCUT2D eigenvalue weighted by Crippen LogP contribution is 2.30. The van der Waals surface area contributed by atoms with Gasteiger partial charge in [-0.1, -0.05) is 0 Å². The van der Waals surface area contributed by atoms with E-state index >= 15 is 0 Å². The van der Waals surface area contributed by atoms with Crippen LogP contribution in [0.2, 0.25) is 0 Å². The van der Waals surface area contributed by atoms with E-state index in [-0.39, 0.29) is 0 Å². The number of ether oxygens (including phenoxy) is 1. The van der Waals surface area contributed by atoms with Crippen molar-refractivity contribution in [3.63, 3.8) is 0 Å². The summed E-state index contributed by atoms with van der Waals surface area (Å²) in [5.41, 5.74) is 0. The van der Waals surface area contributed by atoms with E-state index in [9.17, 15) is 10.2 Å². The Hall–Kier alpha value is -0.280. The Morgan fingerprint density at radius 3 is 1.10 bits per heavy atom. The molecule has 0 amide bonds. The van der Waals surface area contributed by atoms with E-state index in [0.717, 1.165) is 0 Å². The summed E-state index contributed by atoms with van der Waals surface area (Å²) in [6, 6.07) is 0. The first-order valence-electron chi connectivity index (χ1n) is 7.17. The van der Waals surface area contributed by atoms with Gasteiger partial charge in [0, 0.05) is 0 Å². The van der Waals surface area contributed by atoms with Crippen molar-refractivity contribution in [1.29, 1.82) is 0 Å². The fraction of sp³-hybridized carbons (Fsp3) is 1.00. The molecule has 128 valence electrons. The maximum Gasteiger partial charge on any atom is 0.181 e. The van der Waals surface area contributed by atoms with Gasteiger partial charge < -0.3 is 14.9 Å². The number of aliphatic hydroxyl groups excluding tert-OH is 2. The molecule has 0 saturated carbocycles. The first-order valence-corrected chi connectivity index (χ1v) is 7.17. The van der Waals surface area contributed by atoms with Crippen molar-refractivity contribution >= 4 is 0 Å². The van der Waals surface area contributed by atoms with Crippen LogP contribution in [-0.2, 0) is 4.74 Å². The fourth-order valence-corrected chi connectivity index (χ4v) is 2.02. The third-order valence-electron chi connectivity index (χ3n) is 4.48. The Balaban J connectivity index is 5.65. The summed E-state index contributed by atoms with van der Waals surface area (Å²) in [6.45, 7) is 7.15. The second kappa shape index (κ2) is 7.32. The van der Waals surface area contributed by atoms with Gasteiger partial charge in [0.05, 0.1) is 0 Å². The predicted octanol–water partition coefficient (Wildman–Crippen LogP) is 0.0138. The Morgan fingerprint density at radius 2 is 0.952 bits per heavy atom. The van der Waals surface area contributed by atoms with E-state index in [1.807, 2.05) is 51.8 Å². The molecule has 0 bridgehead atoms. The van der Waals surface area contributed by atoms with Crippen molar-refractivity contribution in [2.75, 3.05) is 42.3 Å². The van der Waals surface area contributed by atoms with Crippen molar-refractivity contribution in [2.24, 2.45) is 0 Å². The Labute approximate surface area is 129 Å². The van der Waals surface area contributed by atoms with Crippen molar-refractivity contribution in [3.05, 3.63) is 0 Å². The maximum absolute atomic E-state index is 9.93. The summed E-state index contributed by atoms with van der Waals surface area (Å²) < 4.78 is 6.38. The van der Waals surface area contributed by atoms with Crippen molar-refractivity contribution in [2.45, 2.75) is 51.8 Å². The van der Waals surface area contributed by atoms with Gasteiger partial charge in [-0.05, 0) is 70.0 Å². The monoisotopic (exact) mass is 306 g/mol. The Bertz CT molecular complexity index is 295. The summed E-state index contributed by atoms with van der Waals surface area (Å²) >= 11 is 0. The van der Waals surface area contributed by atoms with Gasteiger partial charge in [0.25, 0.3) is 0 Å². The van der Waals surface area contributed by atoms with Gasteiger partial charge in [0.2, 0.25) is 0 Å². The SMILES string of the molecule is CC(O)N(C)C(C)(OC(C)(N(C)C)N(C)C(C)O)N(C)C. The zero-order chi connectivity index (χ0) is 17.2. The molecule has 0 rings (SSSR count). The van der Waals surface area contributed by atoms with Gasteiger partial charge in [-0.2, -0.15) is 0 Å². The van der Waals surface area contributed by atoms with Crippen LogP contribution in [0.1, 0.15) is 27.7 Å². The molecule has 7 heteroatoms. The number of rotatable bonds is 8. The average Bonchev–Trinajstić information content (AvgIpc) is 2.35. The topological polar surface area (TPSA) is 62.7 Å². The van der Waals surface area contributed by atoms with Crippen LogP contribution < -0.4 is 0 Å². The molecule has 0 fully saturated rings. The third kappa shape index (κ3) is 4.35. The fourth-order valence-electron chi connectivity index (χ4n) is 2.02. The van der Waals surface area contributed by atoms with Crippen LogP contribution in [0.5, 0.6) is 0 Å². The minimum atomic E-state index is -0.865. The molecular weight excluding hydrogens is 272 g/mol. The van der Waals surface area contributed by atoms with Gasteiger partial charge in [-0.25, -0.2) is 9.80 Å². The van der Waals surface area contributed by atoms with E-state index in [1.165, 1.54) is 0 Å². The van der Waals surface area contributed by atoms with Crippen LogP contribution in [-0.4, -0.2) is 96.3 Å². The second-order valence-electron chi connectivity index (χ2n) is 6.24. The van der Waals surface area contributed by atoms with Crippen LogP contribution in [0.3, 0.4) is 0 Å². The third-order valence-corrected chi connectivity index (χ3v) is 4.48. The van der Waals surface area contributed by atoms with Gasteiger partial charge in [-0.3, -0.25) is 9.80 Å². The zero-order valence-corrected chi connectivity index (χ0v) is 15.2. The largest absolute Gasteiger partial charge is 0.379 e. The van der Waals surface area contributed by atoms with Crippen molar-refractivity contribution < 1.29 is 14.9 Å². The lowest BCUT2D eigenvalue weighted by atomic mass is 10.3. The van der Waals surface area contributed by atoms with Gasteiger partial charge in [0.15, 0.2) is 11.7 Å². The summed E-state index contributed by atoms with van der Waals surface area (Å²) in [5.74, 6) is -1.73. The highest BCUT2D eigenvalue weighted by Gasteiger charge is 2.46. The molecule has 4 unspecified atom stereocenters. The smallest absolute Gasteiger partial charge is 0.181 e. The average molecular weight is 306 g/mol. The first-order chi connectivity index (χ1) is 9.30. The number of aliphatic hydroxyl groups is 2. The summed E-state index contributed by atoms with van der Waals surface area (Å²) in [5, 5.41) is 19.9. The lowest BCUT2D eigenvalue weighted by Gasteiger charge is -2.54. The lowest BCUT2D eigenvalue weighted by molar-refractivity contribution is -0.366. The highest BCUT2D eigenvalue weighted by atomic mass is 16.6. The number of hydrogen-bond donors (Lipinski definition) is 2. The Morgan fingerprint density at radius 1 is 0.714 bits per heavy atom. The quantitative estimate of drug-likeness (QED) is 0.613. The maximum atomic E-state index is 9.93. The molecule has 0 aromatic rings. The number of nitrogens with zero attached hydrogens (tertiary/aromatic N) is 4. The molecule has 0 spiro atoms. The normalized spacial score (nSPS) is 21.7. The molecule has 0 saturated heterocycles. The summed E-state index contributed by atoms with van der Waals surface area (Å²) in [7, 11) is 11.1. The summed E-state index contributed by atoms with van der Waals surface area (Å²) in [6.07, 6.45) is -1.36. The van der Waals surface area contributed by atoms with E-state index in [2.05, 4.69) is 0 Å². The molecule has 21 heavy (non-hydrogen) atoms. The molecule has 0 aromatic carbocycles. The molecule has 0 aliphatic heterocycles. The van der Waals surface area contributed by atoms with Crippen LogP contribution in [0.25, 0.3) is 0 Å². The summed E-state index contributed by atoms with van der Waals surface area (Å²) in [4.78, 5) is 7.23. The molecule has 0 aliphatic rings. The second-order valence-corrected chi connectivity index (χ2v) is 6.24. The highest BCUT2D eigenvalue weighted by molar-refractivity contribution is 4.80. The zero-order valence-electron chi connectivity index (χ0n) is 15.2. The standard InChI is InChI=1S/C14H34N4O3/c1-11(19)17(9)13(3,15(5)6)21-14(4,16(7)8)18(10)12(2)20/h11-12,19-20H,1-10H3. The molecule has 2 N–H and O–H groups in total. The van der Waals surface area contributed by atoms with E-state index in [0.29, 0.717) is 0 Å². The number of hydrogen-bond acceptors (Lipinski definition) is 7. The predicted molar refractivity (Wildman–Crippen MR) is 84.2 cm³/mol. The van der Waals surface area contributed by atoms with Gasteiger partial charge >= 0.3 is 0 Å². The first kappa shape index (κ1) is 20.7. The van der Waals surface area contributed by atoms with Gasteiger partial charge in [-0.15, -0.1) is 0 Å². The van der Waals surface area contributed by atoms with Crippen molar-refractivity contribution in [1.82, 2.24) is 19.6 Å².